The van der Waals surface area contributed by atoms with Gasteiger partial charge in [-0.25, -0.2) is 0 Å². The maximum atomic E-state index is 5.49. The Hall–Kier alpha value is -1.66. The zero-order valence-electron chi connectivity index (χ0n) is 13.5. The number of nitrogens with zero attached hydrogens (tertiary/aromatic N) is 2. The van der Waals surface area contributed by atoms with E-state index in [-0.39, 0.29) is 0 Å². The summed E-state index contributed by atoms with van der Waals surface area (Å²) in [6.07, 6.45) is 2.57. The molecule has 22 heavy (non-hydrogen) atoms. The van der Waals surface area contributed by atoms with E-state index in [1.807, 2.05) is 19.1 Å². The molecule has 1 heterocycles. The van der Waals surface area contributed by atoms with Gasteiger partial charge in [0.2, 0.25) is 0 Å². The van der Waals surface area contributed by atoms with Gasteiger partial charge in [0.05, 0.1) is 12.8 Å². The predicted molar refractivity (Wildman–Crippen MR) is 94.5 cm³/mol. The van der Waals surface area contributed by atoms with E-state index >= 15 is 0 Å². The molecule has 0 atom stereocenters. The van der Waals surface area contributed by atoms with Gasteiger partial charge in [0.25, 0.3) is 0 Å². The van der Waals surface area contributed by atoms with Gasteiger partial charge in [-0.05, 0) is 68.8 Å². The van der Waals surface area contributed by atoms with Crippen LogP contribution >= 0.6 is 12.2 Å². The minimum atomic E-state index is 0.505. The molecule has 0 aromatic heterocycles. The summed E-state index contributed by atoms with van der Waals surface area (Å²) in [6, 6.07) is 6.19. The molecule has 2 rings (SSSR count). The lowest BCUT2D eigenvalue weighted by atomic mass is 10.1. The van der Waals surface area contributed by atoms with Crippen LogP contribution in [-0.4, -0.2) is 43.0 Å². The van der Waals surface area contributed by atoms with Gasteiger partial charge in [0.1, 0.15) is 5.75 Å². The number of methoxy groups -OCH3 is 1. The van der Waals surface area contributed by atoms with Crippen molar-refractivity contribution in [3.05, 3.63) is 29.3 Å². The second-order valence-electron chi connectivity index (χ2n) is 5.40. The van der Waals surface area contributed by atoms with E-state index in [1.165, 1.54) is 31.5 Å². The Morgan fingerprint density at radius 2 is 2.09 bits per heavy atom. The fraction of sp³-hybridized carbons (Fsp3) is 0.500. The zero-order chi connectivity index (χ0) is 15.9. The van der Waals surface area contributed by atoms with E-state index in [2.05, 4.69) is 26.8 Å². The Bertz CT molecular complexity index is 553. The lowest BCUT2D eigenvalue weighted by Crippen LogP contribution is -2.29. The van der Waals surface area contributed by atoms with Gasteiger partial charge >= 0.3 is 0 Å². The van der Waals surface area contributed by atoms with Crippen LogP contribution in [0.15, 0.2) is 23.3 Å². The van der Waals surface area contributed by atoms with Crippen LogP contribution < -0.4 is 15.5 Å². The van der Waals surface area contributed by atoms with Crippen molar-refractivity contribution in [2.24, 2.45) is 5.10 Å². The van der Waals surface area contributed by atoms with Crippen molar-refractivity contribution in [2.45, 2.75) is 26.3 Å². The second kappa shape index (κ2) is 8.10. The molecule has 0 unspecified atom stereocenters. The third-order valence-corrected chi connectivity index (χ3v) is 4.14. The van der Waals surface area contributed by atoms with Gasteiger partial charge < -0.3 is 10.1 Å². The van der Waals surface area contributed by atoms with Gasteiger partial charge in [-0.3, -0.25) is 10.3 Å². The van der Waals surface area contributed by atoms with Crippen LogP contribution in [-0.2, 0) is 6.54 Å². The molecule has 6 heteroatoms. The van der Waals surface area contributed by atoms with E-state index in [4.69, 9.17) is 17.0 Å². The van der Waals surface area contributed by atoms with Crippen molar-refractivity contribution in [3.8, 4) is 5.75 Å². The number of thiocarbonyl (C=S) groups is 1. The van der Waals surface area contributed by atoms with Gasteiger partial charge in [-0.1, -0.05) is 0 Å². The zero-order valence-corrected chi connectivity index (χ0v) is 14.3. The quantitative estimate of drug-likeness (QED) is 0.494. The molecule has 0 bridgehead atoms. The fourth-order valence-corrected chi connectivity index (χ4v) is 2.61. The van der Waals surface area contributed by atoms with Crippen molar-refractivity contribution in [2.75, 3.05) is 27.2 Å². The summed E-state index contributed by atoms with van der Waals surface area (Å²) in [6.45, 7) is 5.22. The van der Waals surface area contributed by atoms with Crippen molar-refractivity contribution in [1.29, 1.82) is 0 Å². The third-order valence-electron chi connectivity index (χ3n) is 3.84. The highest BCUT2D eigenvalue weighted by atomic mass is 32.1. The first kappa shape index (κ1) is 16.7. The minimum absolute atomic E-state index is 0.505. The van der Waals surface area contributed by atoms with Gasteiger partial charge in [-0.2, -0.15) is 5.10 Å². The fourth-order valence-electron chi connectivity index (χ4n) is 2.56. The van der Waals surface area contributed by atoms with Crippen molar-refractivity contribution in [3.63, 3.8) is 0 Å². The van der Waals surface area contributed by atoms with Crippen LogP contribution in [0, 0.1) is 0 Å². The van der Waals surface area contributed by atoms with Crippen molar-refractivity contribution < 1.29 is 4.74 Å². The summed E-state index contributed by atoms with van der Waals surface area (Å²) in [5.41, 5.74) is 5.98. The average Bonchev–Trinajstić information content (AvgIpc) is 3.05. The van der Waals surface area contributed by atoms with E-state index in [1.54, 1.807) is 14.2 Å². The number of rotatable bonds is 5. The average molecular weight is 320 g/mol. The predicted octanol–water partition coefficient (Wildman–Crippen LogP) is 2.11. The summed E-state index contributed by atoms with van der Waals surface area (Å²) in [5.74, 6) is 0.933. The number of nitrogens with one attached hydrogen (secondary N) is 2. The molecule has 1 aliphatic heterocycles. The smallest absolute Gasteiger partial charge is 0.186 e. The molecule has 1 fully saturated rings. The first-order valence-electron chi connectivity index (χ1n) is 7.55. The largest absolute Gasteiger partial charge is 0.496 e. The Kier molecular flexibility index (Phi) is 6.15. The van der Waals surface area contributed by atoms with Crippen LogP contribution in [0.4, 0.5) is 0 Å². The van der Waals surface area contributed by atoms with E-state index < -0.39 is 0 Å². The second-order valence-corrected chi connectivity index (χ2v) is 5.81. The van der Waals surface area contributed by atoms with Crippen LogP contribution in [0.2, 0.25) is 0 Å². The summed E-state index contributed by atoms with van der Waals surface area (Å²) in [7, 11) is 3.48. The van der Waals surface area contributed by atoms with Crippen LogP contribution in [0.5, 0.6) is 5.75 Å². The normalized spacial score (nSPS) is 15.7. The van der Waals surface area contributed by atoms with E-state index in [9.17, 15) is 0 Å². The van der Waals surface area contributed by atoms with Gasteiger partial charge in [0, 0.05) is 19.2 Å². The topological polar surface area (TPSA) is 48.9 Å². The molecule has 2 N–H and O–H groups in total. The highest BCUT2D eigenvalue weighted by molar-refractivity contribution is 7.80. The number of benzene rings is 1. The monoisotopic (exact) mass is 320 g/mol. The standard InChI is InChI=1S/C16H24N4OS/c1-12(18-19-16(22)17-2)13-6-7-15(21-3)14(10-13)11-20-8-4-5-9-20/h6-7,10H,4-5,8-9,11H2,1-3H3,(H2,17,19,22)/b18-12-. The molecular formula is C16H24N4OS. The van der Waals surface area contributed by atoms with Crippen molar-refractivity contribution >= 4 is 23.0 Å². The Labute approximate surface area is 137 Å². The van der Waals surface area contributed by atoms with Crippen molar-refractivity contribution in [1.82, 2.24) is 15.6 Å². The summed E-state index contributed by atoms with van der Waals surface area (Å²) >= 11 is 5.03. The van der Waals surface area contributed by atoms with E-state index in [0.29, 0.717) is 5.11 Å². The highest BCUT2D eigenvalue weighted by Gasteiger charge is 2.15. The number of hydrazone groups is 1. The van der Waals surface area contributed by atoms with Gasteiger partial charge in [-0.15, -0.1) is 0 Å². The molecular weight excluding hydrogens is 296 g/mol. The molecule has 0 aliphatic carbocycles. The lowest BCUT2D eigenvalue weighted by Gasteiger charge is -2.17. The first-order valence-corrected chi connectivity index (χ1v) is 7.96. The summed E-state index contributed by atoms with van der Waals surface area (Å²) in [4.78, 5) is 2.46. The lowest BCUT2D eigenvalue weighted by molar-refractivity contribution is 0.321. The molecule has 0 radical (unpaired) electrons. The molecule has 1 aromatic carbocycles. The summed E-state index contributed by atoms with van der Waals surface area (Å²) < 4.78 is 5.49. The molecule has 0 spiro atoms. The summed E-state index contributed by atoms with van der Waals surface area (Å²) in [5, 5.41) is 7.64. The number of likely N-dealkylation sites (tertiary alicyclic amines) is 1. The maximum absolute atomic E-state index is 5.49. The molecule has 1 aliphatic rings. The molecule has 1 saturated heterocycles. The molecule has 5 nitrogen and oxygen atoms in total. The maximum Gasteiger partial charge on any atom is 0.186 e. The van der Waals surface area contributed by atoms with Gasteiger partial charge in [0.15, 0.2) is 5.11 Å². The van der Waals surface area contributed by atoms with Crippen LogP contribution in [0.25, 0.3) is 0 Å². The van der Waals surface area contributed by atoms with E-state index in [0.717, 1.165) is 23.6 Å². The third kappa shape index (κ3) is 4.42. The molecule has 0 amide bonds. The number of hydrogen-bond acceptors (Lipinski definition) is 4. The molecule has 1 aromatic rings. The number of hydrogen-bond donors (Lipinski definition) is 2. The Morgan fingerprint density at radius 3 is 2.73 bits per heavy atom. The highest BCUT2D eigenvalue weighted by Crippen LogP contribution is 2.23. The number of ether oxygens (including phenoxy) is 1. The molecule has 0 saturated carbocycles. The van der Waals surface area contributed by atoms with Crippen LogP contribution in [0.3, 0.4) is 0 Å². The Balaban J connectivity index is 2.16. The minimum Gasteiger partial charge on any atom is -0.496 e. The SMILES string of the molecule is CNC(=S)N/N=C(/C)c1ccc(OC)c(CN2CCCC2)c1. The Morgan fingerprint density at radius 1 is 1.36 bits per heavy atom. The first-order chi connectivity index (χ1) is 10.6. The van der Waals surface area contributed by atoms with Crippen LogP contribution in [0.1, 0.15) is 30.9 Å². The molecule has 120 valence electrons.